The van der Waals surface area contributed by atoms with Gasteiger partial charge in [-0.2, -0.15) is 0 Å². The maximum atomic E-state index is 13.8. The lowest BCUT2D eigenvalue weighted by Crippen LogP contribution is -2.50. The molecule has 0 heterocycles. The van der Waals surface area contributed by atoms with E-state index in [4.69, 9.17) is 4.74 Å². The highest BCUT2D eigenvalue weighted by Gasteiger charge is 2.30. The van der Waals surface area contributed by atoms with E-state index in [-0.39, 0.29) is 31.3 Å². The maximum Gasteiger partial charge on any atom is 0.243 e. The van der Waals surface area contributed by atoms with Crippen LogP contribution in [0.5, 0.6) is 5.75 Å². The van der Waals surface area contributed by atoms with Crippen LogP contribution in [0, 0.1) is 6.92 Å². The molecule has 0 aliphatic heterocycles. The van der Waals surface area contributed by atoms with Gasteiger partial charge in [-0.3, -0.25) is 13.9 Å². The summed E-state index contributed by atoms with van der Waals surface area (Å²) in [5.74, 6) is 0.191. The van der Waals surface area contributed by atoms with Gasteiger partial charge in [-0.05, 0) is 55.7 Å². The van der Waals surface area contributed by atoms with Gasteiger partial charge < -0.3 is 15.0 Å². The average molecular weight is 566 g/mol. The quantitative estimate of drug-likeness (QED) is 0.314. The third-order valence-corrected chi connectivity index (χ3v) is 7.78. The van der Waals surface area contributed by atoms with Gasteiger partial charge in [0.2, 0.25) is 21.8 Å². The first-order chi connectivity index (χ1) is 19.1. The van der Waals surface area contributed by atoms with Gasteiger partial charge in [0.1, 0.15) is 11.8 Å². The number of hydrogen-bond acceptors (Lipinski definition) is 5. The van der Waals surface area contributed by atoms with E-state index in [1.165, 1.54) is 4.31 Å². The fraction of sp³-hybridized carbons (Fsp3) is 0.355. The second kappa shape index (κ2) is 14.5. The van der Waals surface area contributed by atoms with Gasteiger partial charge in [0.25, 0.3) is 0 Å². The van der Waals surface area contributed by atoms with Gasteiger partial charge in [-0.1, -0.05) is 60.2 Å². The second-order valence-corrected chi connectivity index (χ2v) is 11.7. The van der Waals surface area contributed by atoms with Crippen LogP contribution in [0.3, 0.4) is 0 Å². The summed E-state index contributed by atoms with van der Waals surface area (Å²) in [6, 6.07) is 23.5. The highest BCUT2D eigenvalue weighted by atomic mass is 32.2. The van der Waals surface area contributed by atoms with Crippen LogP contribution in [-0.2, 0) is 32.6 Å². The molecule has 1 atom stereocenters. The Hall–Kier alpha value is -3.85. The Morgan fingerprint density at radius 3 is 2.25 bits per heavy atom. The second-order valence-electron chi connectivity index (χ2n) is 9.75. The molecular formula is C31H39N3O5S. The Kier molecular flexibility index (Phi) is 11.1. The number of methoxy groups -OCH3 is 1. The maximum absolute atomic E-state index is 13.8. The lowest BCUT2D eigenvalue weighted by molar-refractivity contribution is -0.141. The minimum atomic E-state index is -3.55. The van der Waals surface area contributed by atoms with Crippen LogP contribution in [0.2, 0.25) is 0 Å². The molecule has 1 N–H and O–H groups in total. The number of sulfonamides is 1. The number of aryl methyl sites for hydroxylation is 1. The minimum absolute atomic E-state index is 0.0759. The standard InChI is InChI=1S/C31H39N3O5S/c1-5-32-31(36)29(22-25-11-7-6-8-12-25)33(23-26-13-9-14-28(21-26)39-3)30(35)15-10-20-34(40(4,37)38)27-18-16-24(2)17-19-27/h6-9,11-14,16-19,21,29H,5,10,15,20,22-23H2,1-4H3,(H,32,36)/t29-/m1/s1. The van der Waals surface area contributed by atoms with Crippen LogP contribution in [0.25, 0.3) is 0 Å². The Bertz CT molecular complexity index is 1360. The van der Waals surface area contributed by atoms with Crippen molar-refractivity contribution in [2.24, 2.45) is 0 Å². The Labute approximate surface area is 238 Å². The first kappa shape index (κ1) is 30.7. The highest BCUT2D eigenvalue weighted by molar-refractivity contribution is 7.92. The predicted octanol–water partition coefficient (Wildman–Crippen LogP) is 4.33. The molecule has 0 radical (unpaired) electrons. The van der Waals surface area contributed by atoms with Crippen molar-refractivity contribution < 1.29 is 22.7 Å². The number of anilines is 1. The number of nitrogens with zero attached hydrogens (tertiary/aromatic N) is 2. The van der Waals surface area contributed by atoms with Crippen LogP contribution in [0.15, 0.2) is 78.9 Å². The van der Waals surface area contributed by atoms with Crippen LogP contribution in [0.4, 0.5) is 5.69 Å². The van der Waals surface area contributed by atoms with Gasteiger partial charge in [-0.15, -0.1) is 0 Å². The summed E-state index contributed by atoms with van der Waals surface area (Å²) < 4.78 is 31.8. The summed E-state index contributed by atoms with van der Waals surface area (Å²) in [4.78, 5) is 28.7. The fourth-order valence-corrected chi connectivity index (χ4v) is 5.49. The number of ether oxygens (including phenoxy) is 1. The molecule has 3 aromatic carbocycles. The van der Waals surface area contributed by atoms with Crippen molar-refractivity contribution >= 4 is 27.5 Å². The predicted molar refractivity (Wildman–Crippen MR) is 159 cm³/mol. The molecule has 0 saturated heterocycles. The molecule has 0 aliphatic carbocycles. The molecule has 0 unspecified atom stereocenters. The molecule has 3 rings (SSSR count). The first-order valence-corrected chi connectivity index (χ1v) is 15.3. The third kappa shape index (κ3) is 8.84. The Balaban J connectivity index is 1.87. The van der Waals surface area contributed by atoms with Crippen molar-refractivity contribution in [2.75, 3.05) is 30.8 Å². The summed E-state index contributed by atoms with van der Waals surface area (Å²) in [7, 11) is -1.97. The van der Waals surface area contributed by atoms with E-state index < -0.39 is 16.1 Å². The number of carbonyl (C=O) groups is 2. The molecule has 8 nitrogen and oxygen atoms in total. The number of nitrogens with one attached hydrogen (secondary N) is 1. The molecule has 40 heavy (non-hydrogen) atoms. The number of amides is 2. The van der Waals surface area contributed by atoms with E-state index >= 15 is 0 Å². The minimum Gasteiger partial charge on any atom is -0.497 e. The molecule has 0 saturated carbocycles. The zero-order valence-corrected chi connectivity index (χ0v) is 24.5. The van der Waals surface area contributed by atoms with Crippen LogP contribution >= 0.6 is 0 Å². The van der Waals surface area contributed by atoms with E-state index in [2.05, 4.69) is 5.32 Å². The van der Waals surface area contributed by atoms with E-state index in [0.717, 1.165) is 22.9 Å². The van der Waals surface area contributed by atoms with Crippen molar-refractivity contribution in [1.82, 2.24) is 10.2 Å². The van der Waals surface area contributed by atoms with Crippen molar-refractivity contribution in [2.45, 2.75) is 45.7 Å². The zero-order chi connectivity index (χ0) is 29.1. The van der Waals surface area contributed by atoms with Crippen molar-refractivity contribution in [1.29, 1.82) is 0 Å². The van der Waals surface area contributed by atoms with Crippen LogP contribution in [0.1, 0.15) is 36.5 Å². The molecule has 0 aromatic heterocycles. The molecule has 214 valence electrons. The van der Waals surface area contributed by atoms with Gasteiger partial charge in [0, 0.05) is 32.5 Å². The lowest BCUT2D eigenvalue weighted by atomic mass is 10.0. The first-order valence-electron chi connectivity index (χ1n) is 13.4. The van der Waals surface area contributed by atoms with Crippen molar-refractivity contribution in [3.63, 3.8) is 0 Å². The number of hydrogen-bond donors (Lipinski definition) is 1. The Morgan fingerprint density at radius 1 is 0.950 bits per heavy atom. The number of benzene rings is 3. The van der Waals surface area contributed by atoms with Crippen LogP contribution < -0.4 is 14.4 Å². The molecule has 0 fully saturated rings. The molecule has 0 spiro atoms. The van der Waals surface area contributed by atoms with E-state index in [0.29, 0.717) is 30.8 Å². The van der Waals surface area contributed by atoms with Crippen LogP contribution in [-0.4, -0.2) is 57.6 Å². The number of carbonyl (C=O) groups excluding carboxylic acids is 2. The molecule has 3 aromatic rings. The third-order valence-electron chi connectivity index (χ3n) is 6.58. The summed E-state index contributed by atoms with van der Waals surface area (Å²) in [5.41, 5.74) is 3.34. The fourth-order valence-electron chi connectivity index (χ4n) is 4.53. The summed E-state index contributed by atoms with van der Waals surface area (Å²) in [6.07, 6.45) is 1.88. The van der Waals surface area contributed by atoms with Gasteiger partial charge in [-0.25, -0.2) is 8.42 Å². The molecule has 9 heteroatoms. The molecule has 0 bridgehead atoms. The molecule has 0 aliphatic rings. The van der Waals surface area contributed by atoms with E-state index in [1.807, 2.05) is 80.6 Å². The topological polar surface area (TPSA) is 96.0 Å². The van der Waals surface area contributed by atoms with Crippen molar-refractivity contribution in [3.8, 4) is 5.75 Å². The SMILES string of the molecule is CCNC(=O)[C@@H](Cc1ccccc1)N(Cc1cccc(OC)c1)C(=O)CCCN(c1ccc(C)cc1)S(C)(=O)=O. The lowest BCUT2D eigenvalue weighted by Gasteiger charge is -2.32. The Morgan fingerprint density at radius 2 is 1.62 bits per heavy atom. The monoisotopic (exact) mass is 565 g/mol. The van der Waals surface area contributed by atoms with E-state index in [9.17, 15) is 18.0 Å². The normalized spacial score (nSPS) is 11.9. The largest absolute Gasteiger partial charge is 0.497 e. The van der Waals surface area contributed by atoms with E-state index in [1.54, 1.807) is 24.1 Å². The van der Waals surface area contributed by atoms with Gasteiger partial charge in [0.05, 0.1) is 19.1 Å². The molecular weight excluding hydrogens is 526 g/mol. The zero-order valence-electron chi connectivity index (χ0n) is 23.7. The van der Waals surface area contributed by atoms with Gasteiger partial charge in [0.15, 0.2) is 0 Å². The molecule has 2 amide bonds. The highest BCUT2D eigenvalue weighted by Crippen LogP contribution is 2.22. The van der Waals surface area contributed by atoms with Crippen molar-refractivity contribution in [3.05, 3.63) is 95.6 Å². The number of likely N-dealkylation sites (N-methyl/N-ethyl adjacent to an activating group) is 1. The number of rotatable bonds is 14. The average Bonchev–Trinajstić information content (AvgIpc) is 2.93. The van der Waals surface area contributed by atoms with Gasteiger partial charge >= 0.3 is 0 Å². The smallest absolute Gasteiger partial charge is 0.243 e. The summed E-state index contributed by atoms with van der Waals surface area (Å²) >= 11 is 0. The summed E-state index contributed by atoms with van der Waals surface area (Å²) in [6.45, 7) is 4.57. The summed E-state index contributed by atoms with van der Waals surface area (Å²) in [5, 5.41) is 2.88.